The largest absolute Gasteiger partial charge is 0.356 e. The Kier molecular flexibility index (Phi) is 6.87. The fraction of sp³-hybridized carbons (Fsp3) is 0.235. The van der Waals surface area contributed by atoms with Gasteiger partial charge in [-0.1, -0.05) is 17.3 Å². The summed E-state index contributed by atoms with van der Waals surface area (Å²) in [5.41, 5.74) is 6.98. The van der Waals surface area contributed by atoms with Crippen LogP contribution in [0, 0.1) is 5.95 Å². The van der Waals surface area contributed by atoms with E-state index >= 15 is 0 Å². The summed E-state index contributed by atoms with van der Waals surface area (Å²) < 4.78 is 24.4. The average Bonchev–Trinajstić information content (AvgIpc) is 3.74. The maximum absolute atomic E-state index is 14.7. The van der Waals surface area contributed by atoms with E-state index in [2.05, 4.69) is 32.4 Å². The highest BCUT2D eigenvalue weighted by Gasteiger charge is 2.25. The molecular formula is C34H29FN8O2. The number of carbonyl (C=O) groups excluding carboxylic acids is 1. The number of halogens is 1. The van der Waals surface area contributed by atoms with Crippen LogP contribution in [-0.4, -0.2) is 58.7 Å². The molecule has 2 aliphatic heterocycles. The van der Waals surface area contributed by atoms with Gasteiger partial charge in [0, 0.05) is 54.8 Å². The van der Waals surface area contributed by atoms with Crippen LogP contribution in [0.5, 0.6) is 0 Å². The zero-order valence-electron chi connectivity index (χ0n) is 24.4. The number of pyridine rings is 2. The van der Waals surface area contributed by atoms with Gasteiger partial charge in [0.15, 0.2) is 6.23 Å². The van der Waals surface area contributed by atoms with E-state index in [1.165, 1.54) is 11.8 Å². The molecule has 1 amide bonds. The number of hydrogen-bond donors (Lipinski definition) is 0. The summed E-state index contributed by atoms with van der Waals surface area (Å²) in [5, 5.41) is 14.8. The third-order valence-corrected chi connectivity index (χ3v) is 8.62. The molecule has 0 saturated carbocycles. The van der Waals surface area contributed by atoms with E-state index < -0.39 is 5.95 Å². The molecule has 11 heteroatoms. The maximum atomic E-state index is 14.7. The van der Waals surface area contributed by atoms with Gasteiger partial charge >= 0.3 is 0 Å². The summed E-state index contributed by atoms with van der Waals surface area (Å²) >= 11 is 0. The fourth-order valence-corrected chi connectivity index (χ4v) is 6.27. The number of nitrogens with zero attached hydrogens (tertiary/aromatic N) is 8. The zero-order chi connectivity index (χ0) is 30.3. The highest BCUT2D eigenvalue weighted by Crippen LogP contribution is 2.35. The van der Waals surface area contributed by atoms with Crippen molar-refractivity contribution in [1.29, 1.82) is 0 Å². The van der Waals surface area contributed by atoms with Gasteiger partial charge in [-0.05, 0) is 90.9 Å². The van der Waals surface area contributed by atoms with Gasteiger partial charge in [0.05, 0.1) is 17.4 Å². The molecule has 0 radical (unpaired) electrons. The van der Waals surface area contributed by atoms with E-state index in [-0.39, 0.29) is 12.1 Å². The molecule has 1 fully saturated rings. The number of ether oxygens (including phenoxy) is 1. The highest BCUT2D eigenvalue weighted by molar-refractivity contribution is 5.95. The Balaban J connectivity index is 1.15. The molecule has 0 N–H and O–H groups in total. The third-order valence-electron chi connectivity index (χ3n) is 8.62. The Morgan fingerprint density at radius 3 is 2.73 bits per heavy atom. The Morgan fingerprint density at radius 1 is 0.978 bits per heavy atom. The Hall–Kier alpha value is -5.29. The van der Waals surface area contributed by atoms with Crippen molar-refractivity contribution in [3.8, 4) is 28.2 Å². The molecule has 0 aliphatic carbocycles. The fourth-order valence-electron chi connectivity index (χ4n) is 6.27. The predicted molar refractivity (Wildman–Crippen MR) is 165 cm³/mol. The lowest BCUT2D eigenvalue weighted by Gasteiger charge is -2.29. The standard InChI is InChI=1S/C34H29FN8O2/c35-33-27(4-3-13-37-33)24-7-9-30-28(19-24)32(39-43(30)31-5-1-2-17-45-31)29-21-42(40-38-29)26-8-6-22-12-16-41(20-25(22)18-26)34(44)23-10-14-36-15-11-23/h3-4,6-11,13-15,18-19,21,31H,1-2,5,12,16-17,20H2. The number of fused-ring (bicyclic) bond motifs is 2. The second kappa shape index (κ2) is 11.3. The molecule has 6 heterocycles. The first-order valence-electron chi connectivity index (χ1n) is 15.1. The van der Waals surface area contributed by atoms with Crippen molar-refractivity contribution in [2.75, 3.05) is 13.2 Å². The number of benzene rings is 2. The van der Waals surface area contributed by atoms with Gasteiger partial charge in [0.25, 0.3) is 5.91 Å². The molecule has 6 aromatic rings. The number of carbonyl (C=O) groups is 1. The number of rotatable bonds is 5. The molecule has 1 atom stereocenters. The lowest BCUT2D eigenvalue weighted by molar-refractivity contribution is -0.0365. The van der Waals surface area contributed by atoms with E-state index in [1.54, 1.807) is 41.3 Å². The number of hydrogen-bond acceptors (Lipinski definition) is 7. The normalized spacial score (nSPS) is 16.6. The minimum absolute atomic E-state index is 0.00793. The SMILES string of the molecule is O=C(c1ccncc1)N1CCc2ccc(-n3cc(-c4nn(C5CCCCO5)c5ccc(-c6cccnc6F)cc45)nn3)cc2C1. The van der Waals surface area contributed by atoms with E-state index in [0.29, 0.717) is 47.8 Å². The van der Waals surface area contributed by atoms with Gasteiger partial charge in [0.2, 0.25) is 5.95 Å². The van der Waals surface area contributed by atoms with Gasteiger partial charge in [-0.25, -0.2) is 14.3 Å². The second-order valence-corrected chi connectivity index (χ2v) is 11.4. The lowest BCUT2D eigenvalue weighted by Crippen LogP contribution is -2.36. The van der Waals surface area contributed by atoms with Gasteiger partial charge in [0.1, 0.15) is 11.4 Å². The number of aromatic nitrogens is 7. The Bertz CT molecular complexity index is 2030. The molecule has 2 aromatic carbocycles. The molecular weight excluding hydrogens is 571 g/mol. The van der Waals surface area contributed by atoms with E-state index in [0.717, 1.165) is 47.8 Å². The molecule has 10 nitrogen and oxygen atoms in total. The minimum Gasteiger partial charge on any atom is -0.356 e. The summed E-state index contributed by atoms with van der Waals surface area (Å²) in [6.45, 7) is 1.85. The molecule has 1 saturated heterocycles. The molecule has 224 valence electrons. The van der Waals surface area contributed by atoms with Crippen LogP contribution in [0.4, 0.5) is 4.39 Å². The second-order valence-electron chi connectivity index (χ2n) is 11.4. The van der Waals surface area contributed by atoms with E-state index in [4.69, 9.17) is 9.84 Å². The van der Waals surface area contributed by atoms with Crippen LogP contribution in [0.1, 0.15) is 47.0 Å². The monoisotopic (exact) mass is 600 g/mol. The van der Waals surface area contributed by atoms with Crippen LogP contribution in [0.3, 0.4) is 0 Å². The quantitative estimate of drug-likeness (QED) is 0.231. The Labute approximate surface area is 258 Å². The van der Waals surface area contributed by atoms with Gasteiger partial charge < -0.3 is 9.64 Å². The van der Waals surface area contributed by atoms with Gasteiger partial charge in [-0.3, -0.25) is 9.78 Å². The summed E-state index contributed by atoms with van der Waals surface area (Å²) in [6.07, 6.45) is 10.1. The molecule has 0 bridgehead atoms. The minimum atomic E-state index is -0.527. The molecule has 1 unspecified atom stereocenters. The van der Waals surface area contributed by atoms with Gasteiger partial charge in [-0.15, -0.1) is 5.10 Å². The smallest absolute Gasteiger partial charge is 0.254 e. The zero-order valence-corrected chi connectivity index (χ0v) is 24.4. The van der Waals surface area contributed by atoms with E-state index in [9.17, 15) is 9.18 Å². The van der Waals surface area contributed by atoms with Gasteiger partial charge in [-0.2, -0.15) is 9.49 Å². The molecule has 2 aliphatic rings. The first-order chi connectivity index (χ1) is 22.1. The van der Waals surface area contributed by atoms with Crippen molar-refractivity contribution in [2.45, 2.75) is 38.5 Å². The van der Waals surface area contributed by atoms with Crippen molar-refractivity contribution in [1.82, 2.24) is 39.6 Å². The van der Waals surface area contributed by atoms with Crippen LogP contribution in [0.2, 0.25) is 0 Å². The van der Waals surface area contributed by atoms with Crippen LogP contribution < -0.4 is 0 Å². The molecule has 4 aromatic heterocycles. The van der Waals surface area contributed by atoms with Crippen molar-refractivity contribution in [3.05, 3.63) is 108 Å². The molecule has 8 rings (SSSR count). The summed E-state index contributed by atoms with van der Waals surface area (Å²) in [4.78, 5) is 22.8. The average molecular weight is 601 g/mol. The highest BCUT2D eigenvalue weighted by atomic mass is 19.1. The lowest BCUT2D eigenvalue weighted by atomic mass is 9.98. The third kappa shape index (κ3) is 5.04. The predicted octanol–water partition coefficient (Wildman–Crippen LogP) is 5.78. The summed E-state index contributed by atoms with van der Waals surface area (Å²) in [7, 11) is 0. The molecule has 45 heavy (non-hydrogen) atoms. The van der Waals surface area contributed by atoms with Crippen molar-refractivity contribution < 1.29 is 13.9 Å². The van der Waals surface area contributed by atoms with Crippen LogP contribution in [-0.2, 0) is 17.7 Å². The first kappa shape index (κ1) is 27.3. The first-order valence-corrected chi connectivity index (χ1v) is 15.1. The maximum Gasteiger partial charge on any atom is 0.254 e. The van der Waals surface area contributed by atoms with Crippen molar-refractivity contribution in [2.24, 2.45) is 0 Å². The van der Waals surface area contributed by atoms with Crippen LogP contribution in [0.15, 0.2) is 85.5 Å². The van der Waals surface area contributed by atoms with E-state index in [1.807, 2.05) is 40.0 Å². The van der Waals surface area contributed by atoms with Crippen molar-refractivity contribution in [3.63, 3.8) is 0 Å². The molecule has 0 spiro atoms. The summed E-state index contributed by atoms with van der Waals surface area (Å²) in [6, 6.07) is 18.9. The Morgan fingerprint density at radius 2 is 1.89 bits per heavy atom. The number of amides is 1. The topological polar surface area (TPSA) is 104 Å². The van der Waals surface area contributed by atoms with Crippen LogP contribution >= 0.6 is 0 Å². The van der Waals surface area contributed by atoms with Crippen LogP contribution in [0.25, 0.3) is 39.1 Å². The summed E-state index contributed by atoms with van der Waals surface area (Å²) in [5.74, 6) is -0.535. The van der Waals surface area contributed by atoms with Crippen molar-refractivity contribution >= 4 is 16.8 Å².